The van der Waals surface area contributed by atoms with Crippen LogP contribution in [0.1, 0.15) is 13.8 Å². The highest BCUT2D eigenvalue weighted by Crippen LogP contribution is 2.15. The van der Waals surface area contributed by atoms with Gasteiger partial charge in [0.05, 0.1) is 12.7 Å². The summed E-state index contributed by atoms with van der Waals surface area (Å²) >= 11 is 0. The van der Waals surface area contributed by atoms with Crippen molar-refractivity contribution in [2.45, 2.75) is 25.6 Å². The summed E-state index contributed by atoms with van der Waals surface area (Å²) in [6.45, 7) is 8.42. The summed E-state index contributed by atoms with van der Waals surface area (Å²) in [6, 6.07) is 10.4. The van der Waals surface area contributed by atoms with Crippen molar-refractivity contribution in [2.24, 2.45) is 0 Å². The molecule has 1 saturated heterocycles. The molecule has 1 aliphatic rings. The minimum Gasteiger partial charge on any atom is -0.389 e. The lowest BCUT2D eigenvalue weighted by Gasteiger charge is -2.37. The first kappa shape index (κ1) is 16.8. The smallest absolute Gasteiger partial charge is 0.122 e. The summed E-state index contributed by atoms with van der Waals surface area (Å²) in [4.78, 5) is 4.65. The van der Waals surface area contributed by atoms with Crippen LogP contribution in [0.5, 0.6) is 0 Å². The van der Waals surface area contributed by atoms with E-state index in [0.29, 0.717) is 6.54 Å². The van der Waals surface area contributed by atoms with E-state index in [9.17, 15) is 5.11 Å². The molecule has 0 amide bonds. The molecule has 1 aliphatic heterocycles. The van der Waals surface area contributed by atoms with Crippen molar-refractivity contribution in [1.82, 2.24) is 4.90 Å². The number of hydrogen-bond acceptors (Lipinski definition) is 4. The predicted molar refractivity (Wildman–Crippen MR) is 90.0 cm³/mol. The fourth-order valence-corrected chi connectivity index (χ4v) is 2.52. The maximum Gasteiger partial charge on any atom is 0.122 e. The topological polar surface area (TPSA) is 35.9 Å². The first-order valence-electron chi connectivity index (χ1n) is 7.82. The van der Waals surface area contributed by atoms with Gasteiger partial charge in [0.25, 0.3) is 0 Å². The van der Waals surface area contributed by atoms with Crippen molar-refractivity contribution in [3.05, 3.63) is 30.3 Å². The van der Waals surface area contributed by atoms with Gasteiger partial charge in [0.2, 0.25) is 0 Å². The second-order valence-electron chi connectivity index (χ2n) is 6.24. The number of benzene rings is 1. The standard InChI is InChI=1S/C18H26N2O2/c1-4-18(2,3)22-15-17(21)14-19-10-12-20(13-11-19)16-8-6-5-7-9-16/h1,5-9,17,21H,10-15H2,2-3H3/t17-/m0/s1. The molecule has 120 valence electrons. The second-order valence-corrected chi connectivity index (χ2v) is 6.24. The molecule has 1 aromatic carbocycles. The number of β-amino-alcohol motifs (C(OH)–C–C–N with tert-alkyl or cyclic N) is 1. The van der Waals surface area contributed by atoms with Gasteiger partial charge < -0.3 is 14.7 Å². The van der Waals surface area contributed by atoms with E-state index in [1.54, 1.807) is 0 Å². The number of aliphatic hydroxyl groups is 1. The van der Waals surface area contributed by atoms with E-state index in [1.165, 1.54) is 5.69 Å². The van der Waals surface area contributed by atoms with Gasteiger partial charge in [0.1, 0.15) is 5.60 Å². The maximum atomic E-state index is 10.1. The van der Waals surface area contributed by atoms with Crippen LogP contribution in [0.4, 0.5) is 5.69 Å². The lowest BCUT2D eigenvalue weighted by atomic mass is 10.1. The first-order valence-corrected chi connectivity index (χ1v) is 7.82. The van der Waals surface area contributed by atoms with Crippen molar-refractivity contribution < 1.29 is 9.84 Å². The van der Waals surface area contributed by atoms with Crippen LogP contribution in [0.15, 0.2) is 30.3 Å². The van der Waals surface area contributed by atoms with E-state index in [1.807, 2.05) is 19.9 Å². The molecule has 4 nitrogen and oxygen atoms in total. The van der Waals surface area contributed by atoms with Crippen molar-refractivity contribution >= 4 is 5.69 Å². The number of para-hydroxylation sites is 1. The van der Waals surface area contributed by atoms with Crippen LogP contribution in [-0.4, -0.2) is 61.0 Å². The second kappa shape index (κ2) is 7.64. The van der Waals surface area contributed by atoms with E-state index >= 15 is 0 Å². The third-order valence-corrected chi connectivity index (χ3v) is 3.95. The summed E-state index contributed by atoms with van der Waals surface area (Å²) in [7, 11) is 0. The third-order valence-electron chi connectivity index (χ3n) is 3.95. The van der Waals surface area contributed by atoms with E-state index < -0.39 is 11.7 Å². The van der Waals surface area contributed by atoms with E-state index in [-0.39, 0.29) is 6.61 Å². The molecule has 0 bridgehead atoms. The molecule has 1 N–H and O–H groups in total. The van der Waals surface area contributed by atoms with Crippen molar-refractivity contribution in [3.63, 3.8) is 0 Å². The lowest BCUT2D eigenvalue weighted by Crippen LogP contribution is -2.49. The molecule has 1 aromatic rings. The molecule has 1 atom stereocenters. The highest BCUT2D eigenvalue weighted by atomic mass is 16.5. The lowest BCUT2D eigenvalue weighted by molar-refractivity contribution is -0.0376. The van der Waals surface area contributed by atoms with Gasteiger partial charge in [0.15, 0.2) is 0 Å². The molecule has 0 spiro atoms. The molecule has 0 radical (unpaired) electrons. The summed E-state index contributed by atoms with van der Waals surface area (Å²) in [5.41, 5.74) is 0.647. The molecule has 1 fully saturated rings. The molecule has 4 heteroatoms. The van der Waals surface area contributed by atoms with Crippen LogP contribution in [0, 0.1) is 12.3 Å². The Kier molecular flexibility index (Phi) is 5.84. The van der Waals surface area contributed by atoms with Gasteiger partial charge in [-0.25, -0.2) is 0 Å². The minimum atomic E-state index is -0.618. The number of ether oxygens (including phenoxy) is 1. The highest BCUT2D eigenvalue weighted by molar-refractivity contribution is 5.46. The fourth-order valence-electron chi connectivity index (χ4n) is 2.52. The third kappa shape index (κ3) is 5.03. The van der Waals surface area contributed by atoms with Crippen LogP contribution in [0.25, 0.3) is 0 Å². The van der Waals surface area contributed by atoms with Gasteiger partial charge in [-0.3, -0.25) is 4.90 Å². The van der Waals surface area contributed by atoms with Crippen LogP contribution in [0.3, 0.4) is 0 Å². The number of nitrogens with zero attached hydrogens (tertiary/aromatic N) is 2. The quantitative estimate of drug-likeness (QED) is 0.810. The molecule has 1 heterocycles. The number of hydrogen-bond donors (Lipinski definition) is 1. The normalized spacial score (nSPS) is 18.0. The molecular formula is C18H26N2O2. The van der Waals surface area contributed by atoms with Crippen molar-refractivity contribution in [2.75, 3.05) is 44.2 Å². The summed E-state index contributed by atoms with van der Waals surface area (Å²) in [5, 5.41) is 10.1. The van der Waals surface area contributed by atoms with Gasteiger partial charge in [-0.2, -0.15) is 0 Å². The molecule has 2 rings (SSSR count). The monoisotopic (exact) mass is 302 g/mol. The summed E-state index contributed by atoms with van der Waals surface area (Å²) in [5.74, 6) is 2.57. The zero-order chi connectivity index (χ0) is 16.0. The SMILES string of the molecule is C#CC(C)(C)OC[C@@H](O)CN1CCN(c2ccccc2)CC1. The average Bonchev–Trinajstić information content (AvgIpc) is 2.55. The fraction of sp³-hybridized carbons (Fsp3) is 0.556. The average molecular weight is 302 g/mol. The van der Waals surface area contributed by atoms with Gasteiger partial charge in [-0.05, 0) is 26.0 Å². The van der Waals surface area contributed by atoms with E-state index in [2.05, 4.69) is 40.0 Å². The Balaban J connectivity index is 1.72. The number of anilines is 1. The maximum absolute atomic E-state index is 10.1. The Bertz CT molecular complexity index is 488. The molecular weight excluding hydrogens is 276 g/mol. The number of piperazine rings is 1. The van der Waals surface area contributed by atoms with Crippen molar-refractivity contribution in [1.29, 1.82) is 0 Å². The van der Waals surface area contributed by atoms with Crippen LogP contribution in [0.2, 0.25) is 0 Å². The van der Waals surface area contributed by atoms with Gasteiger partial charge in [0, 0.05) is 38.4 Å². The molecule has 0 unspecified atom stereocenters. The highest BCUT2D eigenvalue weighted by Gasteiger charge is 2.21. The van der Waals surface area contributed by atoms with Gasteiger partial charge >= 0.3 is 0 Å². The minimum absolute atomic E-state index is 0.274. The van der Waals surface area contributed by atoms with Gasteiger partial charge in [-0.15, -0.1) is 6.42 Å². The van der Waals surface area contributed by atoms with Crippen LogP contribution >= 0.6 is 0 Å². The Morgan fingerprint density at radius 2 is 1.86 bits per heavy atom. The molecule has 22 heavy (non-hydrogen) atoms. The van der Waals surface area contributed by atoms with Crippen LogP contribution < -0.4 is 4.90 Å². The van der Waals surface area contributed by atoms with E-state index in [4.69, 9.17) is 11.2 Å². The Morgan fingerprint density at radius 1 is 1.23 bits per heavy atom. The zero-order valence-corrected chi connectivity index (χ0v) is 13.5. The number of rotatable bonds is 6. The Morgan fingerprint density at radius 3 is 2.45 bits per heavy atom. The number of terminal acetylenes is 1. The number of aliphatic hydroxyl groups excluding tert-OH is 1. The van der Waals surface area contributed by atoms with E-state index in [0.717, 1.165) is 26.2 Å². The van der Waals surface area contributed by atoms with Gasteiger partial charge in [-0.1, -0.05) is 24.1 Å². The Labute approximate surface area is 133 Å². The van der Waals surface area contributed by atoms with Crippen molar-refractivity contribution in [3.8, 4) is 12.3 Å². The first-order chi connectivity index (χ1) is 10.5. The zero-order valence-electron chi connectivity index (χ0n) is 13.5. The summed E-state index contributed by atoms with van der Waals surface area (Å²) < 4.78 is 5.55. The molecule has 0 aromatic heterocycles. The van der Waals surface area contributed by atoms with Crippen LogP contribution in [-0.2, 0) is 4.74 Å². The largest absolute Gasteiger partial charge is 0.389 e. The Hall–Kier alpha value is -1.54. The molecule has 0 saturated carbocycles. The summed E-state index contributed by atoms with van der Waals surface area (Å²) in [6.07, 6.45) is 4.87. The predicted octanol–water partition coefficient (Wildman–Crippen LogP) is 1.60. The molecule has 0 aliphatic carbocycles.